The largest absolute Gasteiger partial charge is 0.491 e. The molecule has 0 aromatic heterocycles. The predicted octanol–water partition coefficient (Wildman–Crippen LogP) is 2.42. The number of hydrogen-bond acceptors (Lipinski definition) is 4. The van der Waals surface area contributed by atoms with E-state index < -0.39 is 6.10 Å². The molecule has 0 fully saturated rings. The van der Waals surface area contributed by atoms with Crippen LogP contribution >= 0.6 is 23.4 Å². The molecule has 1 rings (SSSR count). The van der Waals surface area contributed by atoms with Crippen LogP contribution in [-0.4, -0.2) is 42.4 Å². The van der Waals surface area contributed by atoms with Gasteiger partial charge in [0.1, 0.15) is 18.5 Å². The fourth-order valence-electron chi connectivity index (χ4n) is 1.34. The molecule has 102 valence electrons. The Morgan fingerprint density at radius 2 is 2.22 bits per heavy atom. The summed E-state index contributed by atoms with van der Waals surface area (Å²) in [6.07, 6.45) is 1.56. The molecule has 0 aliphatic heterocycles. The Morgan fingerprint density at radius 3 is 2.89 bits per heavy atom. The summed E-state index contributed by atoms with van der Waals surface area (Å²) < 4.78 is 5.45. The summed E-state index contributed by atoms with van der Waals surface area (Å²) >= 11 is 7.64. The number of thioether (sulfide) groups is 1. The molecule has 3 nitrogen and oxygen atoms in total. The van der Waals surface area contributed by atoms with Crippen LogP contribution in [0.1, 0.15) is 6.92 Å². The van der Waals surface area contributed by atoms with Crippen molar-refractivity contribution in [3.63, 3.8) is 0 Å². The van der Waals surface area contributed by atoms with Gasteiger partial charge in [0.15, 0.2) is 0 Å². The normalized spacial score (nSPS) is 14.2. The molecule has 1 aromatic rings. The van der Waals surface area contributed by atoms with Gasteiger partial charge in [0, 0.05) is 23.4 Å². The highest BCUT2D eigenvalue weighted by Crippen LogP contribution is 2.17. The van der Waals surface area contributed by atoms with Crippen LogP contribution in [0.5, 0.6) is 5.75 Å². The molecule has 0 aliphatic carbocycles. The van der Waals surface area contributed by atoms with Crippen LogP contribution in [0.3, 0.4) is 0 Å². The maximum atomic E-state index is 9.74. The quantitative estimate of drug-likeness (QED) is 0.771. The number of rotatable bonds is 8. The highest BCUT2D eigenvalue weighted by atomic mass is 35.5. The van der Waals surface area contributed by atoms with Crippen molar-refractivity contribution in [2.75, 3.05) is 26.0 Å². The van der Waals surface area contributed by atoms with E-state index in [1.54, 1.807) is 23.9 Å². The van der Waals surface area contributed by atoms with Crippen LogP contribution < -0.4 is 10.1 Å². The molecule has 5 heteroatoms. The van der Waals surface area contributed by atoms with E-state index in [0.717, 1.165) is 6.54 Å². The van der Waals surface area contributed by atoms with Gasteiger partial charge < -0.3 is 15.2 Å². The molecule has 0 radical (unpaired) electrons. The maximum Gasteiger partial charge on any atom is 0.120 e. The fourth-order valence-corrected chi connectivity index (χ4v) is 1.81. The Hall–Kier alpha value is -0.420. The van der Waals surface area contributed by atoms with Gasteiger partial charge in [0.2, 0.25) is 0 Å². The zero-order valence-electron chi connectivity index (χ0n) is 10.7. The van der Waals surface area contributed by atoms with Crippen molar-refractivity contribution >= 4 is 23.4 Å². The summed E-state index contributed by atoms with van der Waals surface area (Å²) in [5.74, 6) is 0.680. The Morgan fingerprint density at radius 1 is 1.44 bits per heavy atom. The smallest absolute Gasteiger partial charge is 0.120 e. The molecule has 0 amide bonds. The summed E-state index contributed by atoms with van der Waals surface area (Å²) in [7, 11) is 0. The minimum absolute atomic E-state index is 0.265. The molecule has 0 heterocycles. The van der Waals surface area contributed by atoms with Crippen molar-refractivity contribution in [2.45, 2.75) is 18.3 Å². The van der Waals surface area contributed by atoms with Gasteiger partial charge in [-0.3, -0.25) is 0 Å². The number of halogens is 1. The third-order valence-corrected chi connectivity index (χ3v) is 3.66. The van der Waals surface area contributed by atoms with Crippen molar-refractivity contribution in [1.82, 2.24) is 5.32 Å². The lowest BCUT2D eigenvalue weighted by Crippen LogP contribution is -2.34. The lowest BCUT2D eigenvalue weighted by Gasteiger charge is -2.15. The first kappa shape index (κ1) is 15.6. The SMILES string of the molecule is CSC(C)CNCC(O)COc1cccc(Cl)c1. The second kappa shape index (κ2) is 8.64. The van der Waals surface area contributed by atoms with Crippen LogP contribution in [0.15, 0.2) is 24.3 Å². The zero-order chi connectivity index (χ0) is 13.4. The molecule has 1 aromatic carbocycles. The molecule has 0 saturated carbocycles. The first-order valence-corrected chi connectivity index (χ1v) is 7.58. The molecule has 2 atom stereocenters. The average molecular weight is 290 g/mol. The van der Waals surface area contributed by atoms with Crippen molar-refractivity contribution in [2.24, 2.45) is 0 Å². The number of hydrogen-bond donors (Lipinski definition) is 2. The lowest BCUT2D eigenvalue weighted by molar-refractivity contribution is 0.106. The van der Waals surface area contributed by atoms with E-state index in [1.165, 1.54) is 0 Å². The number of aliphatic hydroxyl groups excluding tert-OH is 1. The van der Waals surface area contributed by atoms with Crippen LogP contribution in [0.2, 0.25) is 5.02 Å². The molecule has 0 aliphatic rings. The van der Waals surface area contributed by atoms with Gasteiger partial charge in [-0.25, -0.2) is 0 Å². The molecule has 2 unspecified atom stereocenters. The van der Waals surface area contributed by atoms with Crippen LogP contribution in [-0.2, 0) is 0 Å². The summed E-state index contributed by atoms with van der Waals surface area (Å²) in [6, 6.07) is 7.16. The Balaban J connectivity index is 2.19. The fraction of sp³-hybridized carbons (Fsp3) is 0.538. The first-order valence-electron chi connectivity index (χ1n) is 5.91. The number of ether oxygens (including phenoxy) is 1. The third-order valence-electron chi connectivity index (χ3n) is 2.45. The first-order chi connectivity index (χ1) is 8.61. The van der Waals surface area contributed by atoms with E-state index in [9.17, 15) is 5.11 Å². The number of nitrogens with one attached hydrogen (secondary N) is 1. The van der Waals surface area contributed by atoms with Crippen LogP contribution in [0.4, 0.5) is 0 Å². The van der Waals surface area contributed by atoms with Crippen molar-refractivity contribution in [3.8, 4) is 5.75 Å². The van der Waals surface area contributed by atoms with Gasteiger partial charge in [-0.15, -0.1) is 0 Å². The van der Waals surface area contributed by atoms with Crippen molar-refractivity contribution in [3.05, 3.63) is 29.3 Å². The van der Waals surface area contributed by atoms with Crippen LogP contribution in [0.25, 0.3) is 0 Å². The van der Waals surface area contributed by atoms with Gasteiger partial charge in [-0.1, -0.05) is 24.6 Å². The van der Waals surface area contributed by atoms with E-state index in [4.69, 9.17) is 16.3 Å². The second-order valence-electron chi connectivity index (χ2n) is 4.13. The molecule has 0 spiro atoms. The number of aliphatic hydroxyl groups is 1. The van der Waals surface area contributed by atoms with Crippen molar-refractivity contribution < 1.29 is 9.84 Å². The Kier molecular flexibility index (Phi) is 7.51. The summed E-state index contributed by atoms with van der Waals surface area (Å²) in [6.45, 7) is 3.83. The van der Waals surface area contributed by atoms with Gasteiger partial charge in [0.05, 0.1) is 0 Å². The molecule has 0 bridgehead atoms. The standard InChI is InChI=1S/C13H20ClNO2S/c1-10(18-2)7-15-8-12(16)9-17-13-5-3-4-11(14)6-13/h3-6,10,12,15-16H,7-9H2,1-2H3. The van der Waals surface area contributed by atoms with Gasteiger partial charge >= 0.3 is 0 Å². The highest BCUT2D eigenvalue weighted by Gasteiger charge is 2.06. The molecule has 18 heavy (non-hydrogen) atoms. The zero-order valence-corrected chi connectivity index (χ0v) is 12.3. The summed E-state index contributed by atoms with van der Waals surface area (Å²) in [5.41, 5.74) is 0. The van der Waals surface area contributed by atoms with E-state index in [0.29, 0.717) is 22.6 Å². The lowest BCUT2D eigenvalue weighted by atomic mass is 10.3. The van der Waals surface area contributed by atoms with E-state index in [2.05, 4.69) is 18.5 Å². The Labute approximate surface area is 118 Å². The highest BCUT2D eigenvalue weighted by molar-refractivity contribution is 7.99. The third kappa shape index (κ3) is 6.50. The minimum Gasteiger partial charge on any atom is -0.491 e. The average Bonchev–Trinajstić information content (AvgIpc) is 2.36. The molecular weight excluding hydrogens is 270 g/mol. The summed E-state index contributed by atoms with van der Waals surface area (Å²) in [5, 5.41) is 14.1. The van der Waals surface area contributed by atoms with Gasteiger partial charge in [0.25, 0.3) is 0 Å². The molecule has 0 saturated heterocycles. The molecular formula is C13H20ClNO2S. The van der Waals surface area contributed by atoms with Crippen LogP contribution in [0, 0.1) is 0 Å². The number of benzene rings is 1. The predicted molar refractivity (Wildman–Crippen MR) is 78.8 cm³/mol. The Bertz CT molecular complexity index is 352. The van der Waals surface area contributed by atoms with E-state index >= 15 is 0 Å². The maximum absolute atomic E-state index is 9.74. The monoisotopic (exact) mass is 289 g/mol. The molecule has 2 N–H and O–H groups in total. The summed E-state index contributed by atoms with van der Waals surface area (Å²) in [4.78, 5) is 0. The van der Waals surface area contributed by atoms with Gasteiger partial charge in [-0.05, 0) is 24.5 Å². The minimum atomic E-state index is -0.516. The van der Waals surface area contributed by atoms with Gasteiger partial charge in [-0.2, -0.15) is 11.8 Å². The van der Waals surface area contributed by atoms with E-state index in [-0.39, 0.29) is 6.61 Å². The topological polar surface area (TPSA) is 41.5 Å². The van der Waals surface area contributed by atoms with Crippen molar-refractivity contribution in [1.29, 1.82) is 0 Å². The second-order valence-corrected chi connectivity index (χ2v) is 5.84. The van der Waals surface area contributed by atoms with E-state index in [1.807, 2.05) is 12.1 Å².